The molecule has 5 heteroatoms. The third-order valence-electron chi connectivity index (χ3n) is 4.92. The molecule has 1 aliphatic carbocycles. The molecule has 2 aromatic carbocycles. The summed E-state index contributed by atoms with van der Waals surface area (Å²) in [5, 5.41) is 3.27. The summed E-state index contributed by atoms with van der Waals surface area (Å²) in [5.41, 5.74) is 3.00. The molecule has 2 aromatic rings. The lowest BCUT2D eigenvalue weighted by molar-refractivity contribution is -0.137. The second-order valence-electron chi connectivity index (χ2n) is 6.87. The highest BCUT2D eigenvalue weighted by Crippen LogP contribution is 2.37. The quantitative estimate of drug-likeness (QED) is 0.683. The van der Waals surface area contributed by atoms with Crippen molar-refractivity contribution >= 4 is 11.3 Å². The van der Waals surface area contributed by atoms with Crippen LogP contribution in [0.4, 0.5) is 18.9 Å². The van der Waals surface area contributed by atoms with Crippen molar-refractivity contribution in [1.29, 1.82) is 0 Å². The number of alkyl halides is 3. The lowest BCUT2D eigenvalue weighted by atomic mass is 9.95. The summed E-state index contributed by atoms with van der Waals surface area (Å²) in [6.07, 6.45) is 5.98. The van der Waals surface area contributed by atoms with E-state index < -0.39 is 11.7 Å². The van der Waals surface area contributed by atoms with Crippen LogP contribution in [0.3, 0.4) is 0 Å². The number of hydrogen-bond donors (Lipinski definition) is 1. The molecule has 0 spiro atoms. The highest BCUT2D eigenvalue weighted by atomic mass is 19.4. The Bertz CT molecular complexity index is 970. The SMILES string of the molecule is FC(F)(F)c1cc(COc2ccc3c(c2)CCN3)ccc1C1=CC=CC=CC1. The maximum Gasteiger partial charge on any atom is 0.417 e. The fourth-order valence-electron chi connectivity index (χ4n) is 3.51. The van der Waals surface area contributed by atoms with Gasteiger partial charge in [0.2, 0.25) is 0 Å². The summed E-state index contributed by atoms with van der Waals surface area (Å²) in [4.78, 5) is 0. The molecule has 2 nitrogen and oxygen atoms in total. The number of fused-ring (bicyclic) bond motifs is 1. The van der Waals surface area contributed by atoms with E-state index in [1.165, 1.54) is 11.6 Å². The molecule has 0 atom stereocenters. The van der Waals surface area contributed by atoms with E-state index in [0.29, 0.717) is 23.3 Å². The van der Waals surface area contributed by atoms with Crippen molar-refractivity contribution < 1.29 is 17.9 Å². The van der Waals surface area contributed by atoms with Gasteiger partial charge in [-0.05, 0) is 59.4 Å². The number of rotatable bonds is 4. The van der Waals surface area contributed by atoms with Gasteiger partial charge in [-0.2, -0.15) is 13.2 Å². The van der Waals surface area contributed by atoms with Gasteiger partial charge < -0.3 is 10.1 Å². The number of hydrogen-bond acceptors (Lipinski definition) is 2. The van der Waals surface area contributed by atoms with Gasteiger partial charge >= 0.3 is 6.18 Å². The maximum atomic E-state index is 13.7. The van der Waals surface area contributed by atoms with Crippen LogP contribution in [0.5, 0.6) is 5.75 Å². The number of benzene rings is 2. The zero-order valence-electron chi connectivity index (χ0n) is 15.2. The van der Waals surface area contributed by atoms with Gasteiger partial charge in [-0.15, -0.1) is 0 Å². The molecule has 0 aromatic heterocycles. The highest BCUT2D eigenvalue weighted by molar-refractivity contribution is 5.72. The summed E-state index contributed by atoms with van der Waals surface area (Å²) in [5.74, 6) is 0.668. The average molecular weight is 383 g/mol. The van der Waals surface area contributed by atoms with Crippen LogP contribution in [0.1, 0.15) is 28.7 Å². The van der Waals surface area contributed by atoms with Gasteiger partial charge in [0.25, 0.3) is 0 Å². The molecule has 0 saturated carbocycles. The summed E-state index contributed by atoms with van der Waals surface area (Å²) in [7, 11) is 0. The van der Waals surface area contributed by atoms with Crippen molar-refractivity contribution in [2.75, 3.05) is 11.9 Å². The van der Waals surface area contributed by atoms with Crippen LogP contribution in [0.15, 0.2) is 66.8 Å². The smallest absolute Gasteiger partial charge is 0.417 e. The van der Waals surface area contributed by atoms with E-state index in [2.05, 4.69) is 5.32 Å². The summed E-state index contributed by atoms with van der Waals surface area (Å²) in [6, 6.07) is 10.2. The Morgan fingerprint density at radius 3 is 2.75 bits per heavy atom. The standard InChI is InChI=1S/C23H20F3NO/c24-23(25,26)21-13-16(7-9-20(21)17-5-3-1-2-4-6-17)15-28-19-8-10-22-18(14-19)11-12-27-22/h1-5,7-10,13-14,27H,6,11-12,15H2. The Labute approximate surface area is 162 Å². The average Bonchev–Trinajstić information content (AvgIpc) is 2.97. The third kappa shape index (κ3) is 3.98. The molecule has 0 unspecified atom stereocenters. The number of halogens is 3. The van der Waals surface area contributed by atoms with Crippen molar-refractivity contribution in [1.82, 2.24) is 0 Å². The second kappa shape index (κ2) is 7.58. The van der Waals surface area contributed by atoms with Crippen LogP contribution in [-0.4, -0.2) is 6.54 Å². The Hall–Kier alpha value is -2.95. The first-order valence-electron chi connectivity index (χ1n) is 9.23. The Morgan fingerprint density at radius 2 is 1.89 bits per heavy atom. The van der Waals surface area contributed by atoms with E-state index in [9.17, 15) is 13.2 Å². The Morgan fingerprint density at radius 1 is 1.00 bits per heavy atom. The molecule has 0 saturated heterocycles. The molecule has 1 aliphatic heterocycles. The fourth-order valence-corrected chi connectivity index (χ4v) is 3.51. The minimum atomic E-state index is -4.43. The molecule has 28 heavy (non-hydrogen) atoms. The van der Waals surface area contributed by atoms with Crippen molar-refractivity contribution in [2.45, 2.75) is 25.6 Å². The van der Waals surface area contributed by atoms with Gasteiger partial charge in [-0.3, -0.25) is 0 Å². The first-order valence-corrected chi connectivity index (χ1v) is 9.23. The molecule has 0 fully saturated rings. The van der Waals surface area contributed by atoms with Crippen LogP contribution in [0.2, 0.25) is 0 Å². The highest BCUT2D eigenvalue weighted by Gasteiger charge is 2.34. The molecular weight excluding hydrogens is 363 g/mol. The molecule has 1 heterocycles. The van der Waals surface area contributed by atoms with Gasteiger partial charge in [-0.25, -0.2) is 0 Å². The Kier molecular flexibility index (Phi) is 4.99. The normalized spacial score (nSPS) is 15.6. The van der Waals surface area contributed by atoms with Gasteiger partial charge in [0.05, 0.1) is 5.56 Å². The van der Waals surface area contributed by atoms with Crippen molar-refractivity contribution in [3.05, 3.63) is 89.0 Å². The van der Waals surface area contributed by atoms with Crippen molar-refractivity contribution in [2.24, 2.45) is 0 Å². The van der Waals surface area contributed by atoms with E-state index in [1.54, 1.807) is 24.3 Å². The lowest BCUT2D eigenvalue weighted by Crippen LogP contribution is -2.10. The summed E-state index contributed by atoms with van der Waals surface area (Å²) >= 11 is 0. The minimum absolute atomic E-state index is 0.0917. The van der Waals surface area contributed by atoms with E-state index >= 15 is 0 Å². The molecule has 2 aliphatic rings. The van der Waals surface area contributed by atoms with Gasteiger partial charge in [-0.1, -0.05) is 42.5 Å². The summed E-state index contributed by atoms with van der Waals surface area (Å²) in [6.45, 7) is 0.990. The van der Waals surface area contributed by atoms with E-state index in [-0.39, 0.29) is 12.2 Å². The predicted molar refractivity (Wildman–Crippen MR) is 105 cm³/mol. The van der Waals surface area contributed by atoms with Crippen LogP contribution in [-0.2, 0) is 19.2 Å². The molecule has 0 bridgehead atoms. The summed E-state index contributed by atoms with van der Waals surface area (Å²) < 4.78 is 46.8. The van der Waals surface area contributed by atoms with Crippen LogP contribution in [0, 0.1) is 0 Å². The largest absolute Gasteiger partial charge is 0.489 e. The molecule has 0 amide bonds. The third-order valence-corrected chi connectivity index (χ3v) is 4.92. The number of nitrogens with one attached hydrogen (secondary N) is 1. The number of anilines is 1. The van der Waals surface area contributed by atoms with Crippen LogP contribution in [0.25, 0.3) is 5.57 Å². The zero-order valence-corrected chi connectivity index (χ0v) is 15.2. The first kappa shape index (κ1) is 18.4. The topological polar surface area (TPSA) is 21.3 Å². The first-order chi connectivity index (χ1) is 13.5. The minimum Gasteiger partial charge on any atom is -0.489 e. The van der Waals surface area contributed by atoms with Crippen LogP contribution < -0.4 is 10.1 Å². The Balaban J connectivity index is 1.57. The van der Waals surface area contributed by atoms with E-state index in [1.807, 2.05) is 36.4 Å². The zero-order chi connectivity index (χ0) is 19.6. The molecular formula is C23H20F3NO. The van der Waals surface area contributed by atoms with E-state index in [4.69, 9.17) is 4.74 Å². The molecule has 0 radical (unpaired) electrons. The van der Waals surface area contributed by atoms with Crippen molar-refractivity contribution in [3.63, 3.8) is 0 Å². The molecule has 1 N–H and O–H groups in total. The molecule has 4 rings (SSSR count). The van der Waals surface area contributed by atoms with E-state index in [0.717, 1.165) is 18.7 Å². The maximum absolute atomic E-state index is 13.7. The number of ether oxygens (including phenoxy) is 1. The predicted octanol–water partition coefficient (Wildman–Crippen LogP) is 6.15. The van der Waals surface area contributed by atoms with Crippen molar-refractivity contribution in [3.8, 4) is 5.75 Å². The van der Waals surface area contributed by atoms with Gasteiger partial charge in [0.1, 0.15) is 12.4 Å². The monoisotopic (exact) mass is 383 g/mol. The van der Waals surface area contributed by atoms with Gasteiger partial charge in [0.15, 0.2) is 0 Å². The lowest BCUT2D eigenvalue weighted by Gasteiger charge is -2.16. The van der Waals surface area contributed by atoms with Gasteiger partial charge in [0, 0.05) is 12.2 Å². The second-order valence-corrected chi connectivity index (χ2v) is 6.87. The number of allylic oxidation sites excluding steroid dienone is 6. The molecule has 144 valence electrons. The fraction of sp³-hybridized carbons (Fsp3) is 0.217. The van der Waals surface area contributed by atoms with Crippen LogP contribution >= 0.6 is 0 Å².